The molecule has 1 unspecified atom stereocenters. The zero-order chi connectivity index (χ0) is 13.9. The second-order valence-electron chi connectivity index (χ2n) is 5.80. The number of oxazole rings is 1. The maximum Gasteiger partial charge on any atom is 0.295 e. The predicted octanol–water partition coefficient (Wildman–Crippen LogP) is 4.18. The number of nitrogen functional groups attached to an aromatic ring is 1. The van der Waals surface area contributed by atoms with Gasteiger partial charge in [0.15, 0.2) is 5.58 Å². The predicted molar refractivity (Wildman–Crippen MR) is 82.7 cm³/mol. The minimum atomic E-state index is 0.459. The molecule has 1 atom stereocenters. The SMILES string of the molecule is CCC(Nc1nc2cc(N)ccc2o1)C1CCCCC1. The summed E-state index contributed by atoms with van der Waals surface area (Å²) in [4.78, 5) is 4.50. The molecular formula is C16H23N3O. The van der Waals surface area contributed by atoms with E-state index in [0.29, 0.717) is 12.1 Å². The molecule has 1 heterocycles. The van der Waals surface area contributed by atoms with Crippen molar-refractivity contribution >= 4 is 22.8 Å². The van der Waals surface area contributed by atoms with Gasteiger partial charge >= 0.3 is 0 Å². The number of nitrogens with one attached hydrogen (secondary N) is 1. The van der Waals surface area contributed by atoms with Crippen LogP contribution in [0.2, 0.25) is 0 Å². The normalized spacial score (nSPS) is 18.2. The Morgan fingerprint density at radius 2 is 2.15 bits per heavy atom. The minimum Gasteiger partial charge on any atom is -0.424 e. The number of nitrogens with two attached hydrogens (primary N) is 1. The van der Waals surface area contributed by atoms with Crippen LogP contribution in [0.15, 0.2) is 22.6 Å². The fourth-order valence-corrected chi connectivity index (χ4v) is 3.25. The van der Waals surface area contributed by atoms with Crippen molar-refractivity contribution < 1.29 is 4.42 Å². The van der Waals surface area contributed by atoms with Gasteiger partial charge in [-0.05, 0) is 43.4 Å². The van der Waals surface area contributed by atoms with Crippen LogP contribution in [0, 0.1) is 5.92 Å². The number of hydrogen-bond acceptors (Lipinski definition) is 4. The lowest BCUT2D eigenvalue weighted by Gasteiger charge is -2.29. The molecule has 4 nitrogen and oxygen atoms in total. The molecule has 3 rings (SSSR count). The zero-order valence-electron chi connectivity index (χ0n) is 12.1. The summed E-state index contributed by atoms with van der Waals surface area (Å²) in [5, 5.41) is 3.49. The fourth-order valence-electron chi connectivity index (χ4n) is 3.25. The van der Waals surface area contributed by atoms with Crippen LogP contribution in [-0.2, 0) is 0 Å². The van der Waals surface area contributed by atoms with E-state index in [1.165, 1.54) is 32.1 Å². The molecule has 0 aliphatic heterocycles. The van der Waals surface area contributed by atoms with E-state index in [9.17, 15) is 0 Å². The van der Waals surface area contributed by atoms with E-state index in [1.807, 2.05) is 18.2 Å². The quantitative estimate of drug-likeness (QED) is 0.820. The molecule has 1 fully saturated rings. The Labute approximate surface area is 119 Å². The van der Waals surface area contributed by atoms with Gasteiger partial charge in [0.05, 0.1) is 0 Å². The Kier molecular flexibility index (Phi) is 3.81. The summed E-state index contributed by atoms with van der Waals surface area (Å²) in [6.07, 6.45) is 7.83. The zero-order valence-corrected chi connectivity index (χ0v) is 12.1. The Hall–Kier alpha value is -1.71. The largest absolute Gasteiger partial charge is 0.424 e. The van der Waals surface area contributed by atoms with Crippen molar-refractivity contribution in [1.29, 1.82) is 0 Å². The lowest BCUT2D eigenvalue weighted by Crippen LogP contribution is -2.30. The van der Waals surface area contributed by atoms with Crippen LogP contribution < -0.4 is 11.1 Å². The van der Waals surface area contributed by atoms with Crippen molar-refractivity contribution in [2.24, 2.45) is 5.92 Å². The smallest absolute Gasteiger partial charge is 0.295 e. The Morgan fingerprint density at radius 3 is 2.90 bits per heavy atom. The topological polar surface area (TPSA) is 64.1 Å². The van der Waals surface area contributed by atoms with Gasteiger partial charge in [-0.25, -0.2) is 0 Å². The highest BCUT2D eigenvalue weighted by Gasteiger charge is 2.23. The van der Waals surface area contributed by atoms with E-state index in [2.05, 4.69) is 17.2 Å². The molecule has 0 spiro atoms. The lowest BCUT2D eigenvalue weighted by atomic mass is 9.83. The molecule has 1 aromatic heterocycles. The molecule has 4 heteroatoms. The first-order valence-corrected chi connectivity index (χ1v) is 7.69. The summed E-state index contributed by atoms with van der Waals surface area (Å²) in [6.45, 7) is 2.23. The number of benzene rings is 1. The molecule has 2 aromatic rings. The maximum atomic E-state index is 5.78. The van der Waals surface area contributed by atoms with Crippen LogP contribution in [-0.4, -0.2) is 11.0 Å². The molecule has 0 amide bonds. The highest BCUT2D eigenvalue weighted by atomic mass is 16.4. The molecule has 1 saturated carbocycles. The minimum absolute atomic E-state index is 0.459. The maximum absolute atomic E-state index is 5.78. The average Bonchev–Trinajstić information content (AvgIpc) is 2.87. The van der Waals surface area contributed by atoms with Crippen LogP contribution in [0.25, 0.3) is 11.1 Å². The third-order valence-electron chi connectivity index (χ3n) is 4.38. The van der Waals surface area contributed by atoms with E-state index >= 15 is 0 Å². The highest BCUT2D eigenvalue weighted by Crippen LogP contribution is 2.30. The molecule has 0 saturated heterocycles. The number of aromatic nitrogens is 1. The van der Waals surface area contributed by atoms with Crippen molar-refractivity contribution in [1.82, 2.24) is 4.98 Å². The Balaban J connectivity index is 1.76. The first-order valence-electron chi connectivity index (χ1n) is 7.69. The first kappa shape index (κ1) is 13.3. The summed E-state index contributed by atoms with van der Waals surface area (Å²) in [5.41, 5.74) is 8.11. The van der Waals surface area contributed by atoms with Gasteiger partial charge in [0, 0.05) is 11.7 Å². The number of nitrogens with zero attached hydrogens (tertiary/aromatic N) is 1. The summed E-state index contributed by atoms with van der Waals surface area (Å²) >= 11 is 0. The summed E-state index contributed by atoms with van der Waals surface area (Å²) < 4.78 is 5.77. The second kappa shape index (κ2) is 5.73. The molecular weight excluding hydrogens is 250 g/mol. The van der Waals surface area contributed by atoms with Crippen molar-refractivity contribution in [2.45, 2.75) is 51.5 Å². The molecule has 1 aliphatic carbocycles. The van der Waals surface area contributed by atoms with E-state index in [0.717, 1.165) is 29.1 Å². The number of hydrogen-bond donors (Lipinski definition) is 2. The van der Waals surface area contributed by atoms with Crippen molar-refractivity contribution in [2.75, 3.05) is 11.1 Å². The van der Waals surface area contributed by atoms with Gasteiger partial charge in [-0.15, -0.1) is 0 Å². The van der Waals surface area contributed by atoms with E-state index in [1.54, 1.807) is 0 Å². The number of rotatable bonds is 4. The first-order chi connectivity index (χ1) is 9.76. The third kappa shape index (κ3) is 2.74. The van der Waals surface area contributed by atoms with Crippen LogP contribution >= 0.6 is 0 Å². The van der Waals surface area contributed by atoms with Gasteiger partial charge in [0.1, 0.15) is 5.52 Å². The third-order valence-corrected chi connectivity index (χ3v) is 4.38. The molecule has 0 radical (unpaired) electrons. The van der Waals surface area contributed by atoms with Crippen LogP contribution in [0.3, 0.4) is 0 Å². The van der Waals surface area contributed by atoms with Gasteiger partial charge in [-0.1, -0.05) is 26.2 Å². The van der Waals surface area contributed by atoms with Crippen LogP contribution in [0.1, 0.15) is 45.4 Å². The van der Waals surface area contributed by atoms with Gasteiger partial charge in [0.25, 0.3) is 6.01 Å². The summed E-state index contributed by atoms with van der Waals surface area (Å²) in [5.74, 6) is 0.744. The second-order valence-corrected chi connectivity index (χ2v) is 5.80. The van der Waals surface area contributed by atoms with Gasteiger partial charge < -0.3 is 15.5 Å². The van der Waals surface area contributed by atoms with E-state index < -0.39 is 0 Å². The van der Waals surface area contributed by atoms with E-state index in [-0.39, 0.29) is 0 Å². The number of anilines is 2. The van der Waals surface area contributed by atoms with Crippen molar-refractivity contribution in [3.05, 3.63) is 18.2 Å². The summed E-state index contributed by atoms with van der Waals surface area (Å²) in [6, 6.07) is 6.66. The van der Waals surface area contributed by atoms with E-state index in [4.69, 9.17) is 10.2 Å². The Morgan fingerprint density at radius 1 is 1.35 bits per heavy atom. The van der Waals surface area contributed by atoms with Gasteiger partial charge in [-0.3, -0.25) is 0 Å². The molecule has 1 aromatic carbocycles. The molecule has 0 bridgehead atoms. The molecule has 3 N–H and O–H groups in total. The lowest BCUT2D eigenvalue weighted by molar-refractivity contribution is 0.309. The average molecular weight is 273 g/mol. The molecule has 1 aliphatic rings. The Bertz CT molecular complexity index is 572. The summed E-state index contributed by atoms with van der Waals surface area (Å²) in [7, 11) is 0. The van der Waals surface area contributed by atoms with Crippen molar-refractivity contribution in [3.63, 3.8) is 0 Å². The molecule has 108 valence electrons. The van der Waals surface area contributed by atoms with Crippen LogP contribution in [0.5, 0.6) is 0 Å². The fraction of sp³-hybridized carbons (Fsp3) is 0.562. The standard InChI is InChI=1S/C16H23N3O/c1-2-13(11-6-4-3-5-7-11)18-16-19-14-10-12(17)8-9-15(14)20-16/h8-11,13H,2-7,17H2,1H3,(H,18,19). The monoisotopic (exact) mass is 273 g/mol. The number of fused-ring (bicyclic) bond motifs is 1. The van der Waals surface area contributed by atoms with Gasteiger partial charge in [-0.2, -0.15) is 4.98 Å². The highest BCUT2D eigenvalue weighted by molar-refractivity contribution is 5.78. The van der Waals surface area contributed by atoms with Crippen LogP contribution in [0.4, 0.5) is 11.7 Å². The van der Waals surface area contributed by atoms with Crippen molar-refractivity contribution in [3.8, 4) is 0 Å². The molecule has 20 heavy (non-hydrogen) atoms. The van der Waals surface area contributed by atoms with Gasteiger partial charge in [0.2, 0.25) is 0 Å².